The Bertz CT molecular complexity index is 857. The van der Waals surface area contributed by atoms with Crippen LogP contribution in [-0.2, 0) is 13.0 Å². The fourth-order valence-electron chi connectivity index (χ4n) is 2.88. The van der Waals surface area contributed by atoms with Gasteiger partial charge in [0.25, 0.3) is 5.91 Å². The molecule has 0 aliphatic carbocycles. The van der Waals surface area contributed by atoms with Gasteiger partial charge in [0.1, 0.15) is 0 Å². The van der Waals surface area contributed by atoms with Crippen LogP contribution in [0.15, 0.2) is 48.5 Å². The number of nitrogens with zero attached hydrogens (tertiary/aromatic N) is 1. The molecule has 0 saturated carbocycles. The van der Waals surface area contributed by atoms with E-state index in [9.17, 15) is 4.79 Å². The molecule has 25 heavy (non-hydrogen) atoms. The van der Waals surface area contributed by atoms with Crippen LogP contribution in [0.4, 0.5) is 0 Å². The predicted octanol–water partition coefficient (Wildman–Crippen LogP) is 4.59. The minimum atomic E-state index is -0.0128. The molecule has 0 fully saturated rings. The van der Waals surface area contributed by atoms with Crippen molar-refractivity contribution in [2.75, 3.05) is 20.6 Å². The van der Waals surface area contributed by atoms with Crippen molar-refractivity contribution in [2.45, 2.75) is 13.0 Å². The number of rotatable bonds is 1. The molecule has 0 radical (unpaired) electrons. The van der Waals surface area contributed by atoms with Gasteiger partial charge < -0.3 is 10.2 Å². The van der Waals surface area contributed by atoms with E-state index in [0.29, 0.717) is 0 Å². The fraction of sp³-hybridized carbons (Fsp3) is 0.250. The summed E-state index contributed by atoms with van der Waals surface area (Å²) in [6.07, 6.45) is 1.13. The van der Waals surface area contributed by atoms with Gasteiger partial charge in [-0.1, -0.05) is 35.9 Å². The molecule has 5 heteroatoms. The molecule has 0 spiro atoms. The molecule has 1 aromatic heterocycles. The normalized spacial score (nSPS) is 13.7. The van der Waals surface area contributed by atoms with Crippen LogP contribution < -0.4 is 5.32 Å². The Labute approximate surface area is 157 Å². The summed E-state index contributed by atoms with van der Waals surface area (Å²) >= 11 is 7.42. The number of amides is 1. The summed E-state index contributed by atoms with van der Waals surface area (Å²) in [6, 6.07) is 16.1. The molecule has 4 rings (SSSR count). The molecule has 2 heterocycles. The number of hydrogen-bond donors (Lipinski definition) is 1. The Balaban J connectivity index is 0.000000146. The summed E-state index contributed by atoms with van der Waals surface area (Å²) < 4.78 is 1.15. The van der Waals surface area contributed by atoms with Gasteiger partial charge >= 0.3 is 0 Å². The van der Waals surface area contributed by atoms with Crippen molar-refractivity contribution in [3.63, 3.8) is 0 Å². The molecule has 1 N–H and O–H groups in total. The first-order chi connectivity index (χ1) is 12.1. The first-order valence-electron chi connectivity index (χ1n) is 8.23. The van der Waals surface area contributed by atoms with E-state index in [0.717, 1.165) is 39.5 Å². The van der Waals surface area contributed by atoms with Crippen LogP contribution in [0.1, 0.15) is 20.8 Å². The van der Waals surface area contributed by atoms with E-state index in [1.807, 2.05) is 36.4 Å². The minimum absolute atomic E-state index is 0.0128. The van der Waals surface area contributed by atoms with Crippen molar-refractivity contribution < 1.29 is 4.79 Å². The van der Waals surface area contributed by atoms with Crippen molar-refractivity contribution in [3.8, 4) is 0 Å². The molecule has 1 aliphatic heterocycles. The largest absolute Gasteiger partial charge is 0.354 e. The average molecular weight is 373 g/mol. The number of thiophene rings is 1. The molecule has 0 bridgehead atoms. The molecule has 1 aliphatic rings. The van der Waals surface area contributed by atoms with E-state index in [2.05, 4.69) is 29.4 Å². The number of carbonyl (C=O) groups excluding carboxylic acids is 1. The zero-order chi connectivity index (χ0) is 17.8. The van der Waals surface area contributed by atoms with E-state index in [-0.39, 0.29) is 5.91 Å². The topological polar surface area (TPSA) is 32.3 Å². The SMILES string of the molecule is CN1CCc2cc(Cl)ccc2C1.CNC(=O)c1cc2ccccc2s1. The number of likely N-dealkylation sites (N-methyl/N-ethyl adjacent to an activating group) is 1. The van der Waals surface area contributed by atoms with Crippen LogP contribution in [0.25, 0.3) is 10.1 Å². The molecule has 1 amide bonds. The van der Waals surface area contributed by atoms with Crippen LogP contribution >= 0.6 is 22.9 Å². The number of nitrogens with one attached hydrogen (secondary N) is 1. The summed E-state index contributed by atoms with van der Waals surface area (Å²) in [5.41, 5.74) is 2.84. The van der Waals surface area contributed by atoms with Gasteiger partial charge in [-0.15, -0.1) is 11.3 Å². The molecule has 2 aromatic carbocycles. The third-order valence-electron chi connectivity index (χ3n) is 4.25. The lowest BCUT2D eigenvalue weighted by Crippen LogP contribution is -2.26. The second-order valence-electron chi connectivity index (χ2n) is 6.13. The second kappa shape index (κ2) is 8.00. The highest BCUT2D eigenvalue weighted by Gasteiger charge is 2.12. The summed E-state index contributed by atoms with van der Waals surface area (Å²) in [5, 5.41) is 4.60. The third-order valence-corrected chi connectivity index (χ3v) is 5.60. The van der Waals surface area contributed by atoms with Gasteiger partial charge in [-0.05, 0) is 54.2 Å². The molecule has 130 valence electrons. The number of carbonyl (C=O) groups is 1. The molecular weight excluding hydrogens is 352 g/mol. The highest BCUT2D eigenvalue weighted by atomic mass is 35.5. The van der Waals surface area contributed by atoms with E-state index >= 15 is 0 Å². The van der Waals surface area contributed by atoms with Gasteiger partial charge in [-0.2, -0.15) is 0 Å². The second-order valence-corrected chi connectivity index (χ2v) is 7.65. The summed E-state index contributed by atoms with van der Waals surface area (Å²) in [4.78, 5) is 14.4. The molecule has 0 unspecified atom stereocenters. The van der Waals surface area contributed by atoms with Crippen molar-refractivity contribution in [2.24, 2.45) is 0 Å². The molecule has 3 aromatic rings. The van der Waals surface area contributed by atoms with Crippen molar-refractivity contribution >= 4 is 38.9 Å². The van der Waals surface area contributed by atoms with Gasteiger partial charge in [-0.3, -0.25) is 4.79 Å². The Hall–Kier alpha value is -1.88. The zero-order valence-electron chi connectivity index (χ0n) is 14.4. The summed E-state index contributed by atoms with van der Waals surface area (Å²) in [6.45, 7) is 2.21. The third kappa shape index (κ3) is 4.40. The zero-order valence-corrected chi connectivity index (χ0v) is 16.0. The first kappa shape index (κ1) is 17.9. The van der Waals surface area contributed by atoms with Crippen molar-refractivity contribution in [3.05, 3.63) is 69.6 Å². The fourth-order valence-corrected chi connectivity index (χ4v) is 4.08. The van der Waals surface area contributed by atoms with Gasteiger partial charge in [-0.25, -0.2) is 0 Å². The Morgan fingerprint density at radius 1 is 1.16 bits per heavy atom. The smallest absolute Gasteiger partial charge is 0.261 e. The minimum Gasteiger partial charge on any atom is -0.354 e. The quantitative estimate of drug-likeness (QED) is 0.677. The lowest BCUT2D eigenvalue weighted by molar-refractivity contribution is 0.0967. The number of hydrogen-bond acceptors (Lipinski definition) is 3. The van der Waals surface area contributed by atoms with Crippen molar-refractivity contribution in [1.29, 1.82) is 0 Å². The first-order valence-corrected chi connectivity index (χ1v) is 9.43. The van der Waals surface area contributed by atoms with E-state index in [1.165, 1.54) is 22.5 Å². The van der Waals surface area contributed by atoms with Crippen LogP contribution in [0.3, 0.4) is 0 Å². The Kier molecular flexibility index (Phi) is 5.74. The maximum absolute atomic E-state index is 11.3. The maximum atomic E-state index is 11.3. The lowest BCUT2D eigenvalue weighted by Gasteiger charge is -2.24. The molecule has 0 atom stereocenters. The van der Waals surface area contributed by atoms with Gasteiger partial charge in [0.05, 0.1) is 4.88 Å². The monoisotopic (exact) mass is 372 g/mol. The summed E-state index contributed by atoms with van der Waals surface area (Å²) in [5.74, 6) is -0.0128. The molecular formula is C20H21ClN2OS. The van der Waals surface area contributed by atoms with Crippen molar-refractivity contribution in [1.82, 2.24) is 10.2 Å². The highest BCUT2D eigenvalue weighted by Crippen LogP contribution is 2.25. The Morgan fingerprint density at radius 2 is 1.96 bits per heavy atom. The average Bonchev–Trinajstić information content (AvgIpc) is 3.06. The van der Waals surface area contributed by atoms with Crippen LogP contribution in [0.5, 0.6) is 0 Å². The van der Waals surface area contributed by atoms with Gasteiger partial charge in [0.2, 0.25) is 0 Å². The predicted molar refractivity (Wildman–Crippen MR) is 107 cm³/mol. The van der Waals surface area contributed by atoms with E-state index < -0.39 is 0 Å². The van der Waals surface area contributed by atoms with Gasteiger partial charge in [0.15, 0.2) is 0 Å². The van der Waals surface area contributed by atoms with Gasteiger partial charge in [0, 0.05) is 29.9 Å². The molecule has 0 saturated heterocycles. The number of fused-ring (bicyclic) bond motifs is 2. The number of benzene rings is 2. The van der Waals surface area contributed by atoms with E-state index in [1.54, 1.807) is 7.05 Å². The lowest BCUT2D eigenvalue weighted by atomic mass is 10.0. The van der Waals surface area contributed by atoms with E-state index in [4.69, 9.17) is 11.6 Å². The maximum Gasteiger partial charge on any atom is 0.261 e. The molecule has 3 nitrogen and oxygen atoms in total. The Morgan fingerprint density at radius 3 is 2.72 bits per heavy atom. The number of halogens is 1. The van der Waals surface area contributed by atoms with Crippen LogP contribution in [0.2, 0.25) is 5.02 Å². The standard InChI is InChI=1S/C10H12ClN.C10H9NOS/c1-12-5-4-8-6-10(11)3-2-9(8)7-12;1-11-10(12)9-6-7-4-2-3-5-8(7)13-9/h2-3,6H,4-5,7H2,1H3;2-6H,1H3,(H,11,12). The highest BCUT2D eigenvalue weighted by molar-refractivity contribution is 7.20. The van der Waals surface area contributed by atoms with Crippen LogP contribution in [0, 0.1) is 0 Å². The van der Waals surface area contributed by atoms with Crippen LogP contribution in [-0.4, -0.2) is 31.4 Å². The summed E-state index contributed by atoms with van der Waals surface area (Å²) in [7, 11) is 3.80.